The number of rotatable bonds is 5. The van der Waals surface area contributed by atoms with Crippen molar-refractivity contribution >= 4 is 21.6 Å². The first-order chi connectivity index (χ1) is 14.1. The molecule has 1 aromatic rings. The molecule has 1 amide bonds. The minimum Gasteiger partial charge on any atom is -0.343 e. The maximum atomic E-state index is 13.1. The van der Waals surface area contributed by atoms with Gasteiger partial charge in [-0.1, -0.05) is 13.0 Å². The lowest BCUT2D eigenvalue weighted by Crippen LogP contribution is -2.46. The molecule has 166 valence electrons. The first-order valence-electron chi connectivity index (χ1n) is 10.6. The van der Waals surface area contributed by atoms with Gasteiger partial charge in [-0.3, -0.25) is 14.9 Å². The summed E-state index contributed by atoms with van der Waals surface area (Å²) in [5, 5.41) is 11.1. The summed E-state index contributed by atoms with van der Waals surface area (Å²) in [5.41, 5.74) is 0.234. The molecule has 1 aliphatic heterocycles. The van der Waals surface area contributed by atoms with Crippen molar-refractivity contribution in [3.05, 3.63) is 33.9 Å². The van der Waals surface area contributed by atoms with E-state index in [0.29, 0.717) is 18.4 Å². The fourth-order valence-electron chi connectivity index (χ4n) is 4.56. The quantitative estimate of drug-likeness (QED) is 0.519. The number of carbonyl (C=O) groups is 1. The Bertz CT molecular complexity index is 901. The third kappa shape index (κ3) is 4.67. The van der Waals surface area contributed by atoms with Crippen LogP contribution in [0, 0.1) is 28.9 Å². The topological polar surface area (TPSA) is 101 Å². The van der Waals surface area contributed by atoms with E-state index in [1.54, 1.807) is 6.92 Å². The van der Waals surface area contributed by atoms with Crippen LogP contribution >= 0.6 is 0 Å². The molecule has 1 saturated heterocycles. The number of amides is 1. The van der Waals surface area contributed by atoms with Gasteiger partial charge >= 0.3 is 0 Å². The molecule has 3 rings (SSSR count). The number of piperidine rings is 1. The first kappa shape index (κ1) is 22.7. The Hall–Kier alpha value is -2.00. The summed E-state index contributed by atoms with van der Waals surface area (Å²) in [5.74, 6) is 0.653. The van der Waals surface area contributed by atoms with E-state index in [0.717, 1.165) is 37.7 Å². The Morgan fingerprint density at radius 1 is 1.13 bits per heavy atom. The summed E-state index contributed by atoms with van der Waals surface area (Å²) in [6, 6.07) is 4.17. The van der Waals surface area contributed by atoms with Gasteiger partial charge in [-0.25, -0.2) is 8.42 Å². The van der Waals surface area contributed by atoms with Crippen LogP contribution in [-0.4, -0.2) is 54.6 Å². The van der Waals surface area contributed by atoms with Gasteiger partial charge in [-0.05, 0) is 56.9 Å². The maximum Gasteiger partial charge on any atom is 0.270 e. The number of aryl methyl sites for hydroxylation is 1. The van der Waals surface area contributed by atoms with Gasteiger partial charge in [-0.2, -0.15) is 4.31 Å². The molecule has 0 unspecified atom stereocenters. The van der Waals surface area contributed by atoms with Gasteiger partial charge in [-0.15, -0.1) is 0 Å². The second-order valence-electron chi connectivity index (χ2n) is 8.75. The number of non-ortho nitro benzene ring substituents is 1. The number of benzene rings is 1. The Kier molecular flexibility index (Phi) is 6.81. The minimum absolute atomic E-state index is 0.0325. The molecule has 1 aromatic carbocycles. The molecule has 8 nitrogen and oxygen atoms in total. The second-order valence-corrected chi connectivity index (χ2v) is 10.7. The number of nitrogens with zero attached hydrogens (tertiary/aromatic N) is 3. The van der Waals surface area contributed by atoms with Gasteiger partial charge in [0.05, 0.1) is 9.82 Å². The average Bonchev–Trinajstić information content (AvgIpc) is 2.73. The van der Waals surface area contributed by atoms with Crippen LogP contribution < -0.4 is 0 Å². The molecule has 9 heteroatoms. The standard InChI is InChI=1S/C21H31N3O5S/c1-15-4-7-18(8-5-15)22(3)21(25)17-10-12-23(13-11-17)30(28,29)20-14-19(24(26)27)9-6-16(20)2/h6,9,14-15,17-18H,4-5,7-8,10-13H2,1-3H3. The number of nitro benzene ring substituents is 1. The van der Waals surface area contributed by atoms with E-state index in [9.17, 15) is 23.3 Å². The summed E-state index contributed by atoms with van der Waals surface area (Å²) in [4.78, 5) is 25.3. The molecular formula is C21H31N3O5S. The Balaban J connectivity index is 1.65. The monoisotopic (exact) mass is 437 g/mol. The number of carbonyl (C=O) groups excluding carboxylic acids is 1. The third-order valence-electron chi connectivity index (χ3n) is 6.68. The van der Waals surface area contributed by atoms with Crippen molar-refractivity contribution in [3.8, 4) is 0 Å². The highest BCUT2D eigenvalue weighted by Gasteiger charge is 2.36. The molecule has 0 atom stereocenters. The SMILES string of the molecule is Cc1ccc([N+](=O)[O-])cc1S(=O)(=O)N1CCC(C(=O)N(C)C2CCC(C)CC2)CC1. The fraction of sp³-hybridized carbons (Fsp3) is 0.667. The van der Waals surface area contributed by atoms with Crippen molar-refractivity contribution in [2.24, 2.45) is 11.8 Å². The van der Waals surface area contributed by atoms with Gasteiger partial charge in [0.15, 0.2) is 0 Å². The summed E-state index contributed by atoms with van der Waals surface area (Å²) >= 11 is 0. The molecule has 0 bridgehead atoms. The van der Waals surface area contributed by atoms with Crippen LogP contribution in [0.2, 0.25) is 0 Å². The molecule has 2 aliphatic rings. The van der Waals surface area contributed by atoms with E-state index < -0.39 is 14.9 Å². The lowest BCUT2D eigenvalue weighted by atomic mass is 9.86. The zero-order chi connectivity index (χ0) is 22.1. The number of nitro groups is 1. The van der Waals surface area contributed by atoms with Crippen LogP contribution in [0.25, 0.3) is 0 Å². The highest BCUT2D eigenvalue weighted by molar-refractivity contribution is 7.89. The summed E-state index contributed by atoms with van der Waals surface area (Å²) in [6.45, 7) is 4.37. The highest BCUT2D eigenvalue weighted by atomic mass is 32.2. The zero-order valence-electron chi connectivity index (χ0n) is 17.9. The zero-order valence-corrected chi connectivity index (χ0v) is 18.7. The van der Waals surface area contributed by atoms with Crippen LogP contribution in [0.1, 0.15) is 51.0 Å². The number of hydrogen-bond acceptors (Lipinski definition) is 5. The second kappa shape index (κ2) is 9.01. The smallest absolute Gasteiger partial charge is 0.270 e. The van der Waals surface area contributed by atoms with Crippen LogP contribution in [0.4, 0.5) is 5.69 Å². The summed E-state index contributed by atoms with van der Waals surface area (Å²) in [7, 11) is -1.97. The molecule has 30 heavy (non-hydrogen) atoms. The molecule has 1 saturated carbocycles. The van der Waals surface area contributed by atoms with E-state index in [-0.39, 0.29) is 41.5 Å². The van der Waals surface area contributed by atoms with Crippen molar-refractivity contribution in [3.63, 3.8) is 0 Å². The first-order valence-corrected chi connectivity index (χ1v) is 12.1. The molecule has 0 spiro atoms. The van der Waals surface area contributed by atoms with Gasteiger partial charge in [0.25, 0.3) is 5.69 Å². The van der Waals surface area contributed by atoms with Crippen molar-refractivity contribution < 1.29 is 18.1 Å². The summed E-state index contributed by atoms with van der Waals surface area (Å²) < 4.78 is 27.5. The van der Waals surface area contributed by atoms with Gasteiger partial charge in [0, 0.05) is 44.2 Å². The van der Waals surface area contributed by atoms with E-state index in [1.165, 1.54) is 16.4 Å². The van der Waals surface area contributed by atoms with Crippen molar-refractivity contribution in [1.29, 1.82) is 0 Å². The Morgan fingerprint density at radius 3 is 2.30 bits per heavy atom. The molecule has 2 fully saturated rings. The summed E-state index contributed by atoms with van der Waals surface area (Å²) in [6.07, 6.45) is 5.29. The van der Waals surface area contributed by atoms with Crippen LogP contribution in [0.3, 0.4) is 0 Å². The molecule has 0 aromatic heterocycles. The van der Waals surface area contributed by atoms with Crippen LogP contribution in [0.5, 0.6) is 0 Å². The Morgan fingerprint density at radius 2 is 1.73 bits per heavy atom. The van der Waals surface area contributed by atoms with E-state index in [2.05, 4.69) is 6.92 Å². The molecule has 0 N–H and O–H groups in total. The minimum atomic E-state index is -3.84. The lowest BCUT2D eigenvalue weighted by molar-refractivity contribution is -0.385. The van der Waals surface area contributed by atoms with Crippen molar-refractivity contribution in [1.82, 2.24) is 9.21 Å². The predicted octanol–water partition coefficient (Wildman–Crippen LogP) is 3.34. The van der Waals surface area contributed by atoms with Crippen molar-refractivity contribution in [2.45, 2.75) is 63.3 Å². The highest BCUT2D eigenvalue weighted by Crippen LogP contribution is 2.31. The number of sulfonamides is 1. The largest absolute Gasteiger partial charge is 0.343 e. The van der Waals surface area contributed by atoms with E-state index in [4.69, 9.17) is 0 Å². The maximum absolute atomic E-state index is 13.1. The fourth-order valence-corrected chi connectivity index (χ4v) is 6.27. The van der Waals surface area contributed by atoms with Crippen molar-refractivity contribution in [2.75, 3.05) is 20.1 Å². The number of hydrogen-bond donors (Lipinski definition) is 0. The van der Waals surface area contributed by atoms with E-state index in [1.807, 2.05) is 11.9 Å². The van der Waals surface area contributed by atoms with E-state index >= 15 is 0 Å². The third-order valence-corrected chi connectivity index (χ3v) is 8.72. The van der Waals surface area contributed by atoms with Crippen LogP contribution in [0.15, 0.2) is 23.1 Å². The Labute approximate surface area is 178 Å². The average molecular weight is 438 g/mol. The molecule has 0 radical (unpaired) electrons. The van der Waals surface area contributed by atoms with Crippen LogP contribution in [-0.2, 0) is 14.8 Å². The van der Waals surface area contributed by atoms with Gasteiger partial charge < -0.3 is 4.90 Å². The predicted molar refractivity (Wildman–Crippen MR) is 114 cm³/mol. The van der Waals surface area contributed by atoms with Gasteiger partial charge in [0.2, 0.25) is 15.9 Å². The lowest BCUT2D eigenvalue weighted by Gasteiger charge is -2.37. The van der Waals surface area contributed by atoms with Gasteiger partial charge in [0.1, 0.15) is 0 Å². The molecule has 1 heterocycles. The normalized spacial score (nSPS) is 23.8. The molecule has 1 aliphatic carbocycles. The molecular weight excluding hydrogens is 406 g/mol.